The van der Waals surface area contributed by atoms with Gasteiger partial charge in [0.1, 0.15) is 5.25 Å². The summed E-state index contributed by atoms with van der Waals surface area (Å²) in [5, 5.41) is 5.80. The van der Waals surface area contributed by atoms with Crippen molar-refractivity contribution in [2.45, 2.75) is 30.6 Å². The molecule has 2 fully saturated rings. The first-order valence-electron chi connectivity index (χ1n) is 6.71. The van der Waals surface area contributed by atoms with E-state index in [4.69, 9.17) is 0 Å². The van der Waals surface area contributed by atoms with Crippen LogP contribution in [0, 0.1) is 0 Å². The lowest BCUT2D eigenvalue weighted by atomic mass is 10.2. The molecule has 2 N–H and O–H groups in total. The van der Waals surface area contributed by atoms with E-state index in [-0.39, 0.29) is 18.2 Å². The molecular formula is C14H14BrN3O2S. The molecule has 1 heterocycles. The fourth-order valence-corrected chi connectivity index (χ4v) is 3.19. The Hall–Kier alpha value is -1.34. The van der Waals surface area contributed by atoms with Crippen LogP contribution in [-0.4, -0.2) is 28.3 Å². The Bertz CT molecular complexity index is 599. The summed E-state index contributed by atoms with van der Waals surface area (Å²) in [5.41, 5.74) is 0.721. The number of anilines is 1. The van der Waals surface area contributed by atoms with Crippen molar-refractivity contribution >= 4 is 50.4 Å². The Morgan fingerprint density at radius 2 is 2.10 bits per heavy atom. The maximum atomic E-state index is 12.0. The first-order valence-corrected chi connectivity index (χ1v) is 8.38. The summed E-state index contributed by atoms with van der Waals surface area (Å²) in [6.45, 7) is 0. The lowest BCUT2D eigenvalue weighted by Gasteiger charge is -2.07. The summed E-state index contributed by atoms with van der Waals surface area (Å²) < 4.78 is 0.951. The van der Waals surface area contributed by atoms with Gasteiger partial charge in [0.25, 0.3) is 0 Å². The second kappa shape index (κ2) is 6.19. The van der Waals surface area contributed by atoms with Crippen LogP contribution in [0.4, 0.5) is 5.69 Å². The Balaban J connectivity index is 1.54. The minimum Gasteiger partial charge on any atom is -0.326 e. The molecule has 21 heavy (non-hydrogen) atoms. The molecule has 1 aliphatic carbocycles. The van der Waals surface area contributed by atoms with Crippen molar-refractivity contribution in [2.24, 2.45) is 4.99 Å². The molecule has 0 aromatic heterocycles. The molecular weight excluding hydrogens is 354 g/mol. The molecule has 3 rings (SSSR count). The lowest BCUT2D eigenvalue weighted by molar-refractivity contribution is -0.122. The molecule has 1 aromatic rings. The van der Waals surface area contributed by atoms with Gasteiger partial charge in [0.2, 0.25) is 11.8 Å². The monoisotopic (exact) mass is 367 g/mol. The van der Waals surface area contributed by atoms with Gasteiger partial charge in [0.15, 0.2) is 5.17 Å². The summed E-state index contributed by atoms with van der Waals surface area (Å²) in [6.07, 6.45) is 2.33. The van der Waals surface area contributed by atoms with Crippen molar-refractivity contribution in [3.63, 3.8) is 0 Å². The Morgan fingerprint density at radius 1 is 1.38 bits per heavy atom. The summed E-state index contributed by atoms with van der Waals surface area (Å²) in [4.78, 5) is 28.2. The molecule has 0 spiro atoms. The van der Waals surface area contributed by atoms with Gasteiger partial charge < -0.3 is 10.6 Å². The predicted molar refractivity (Wildman–Crippen MR) is 87.4 cm³/mol. The number of amides is 2. The first kappa shape index (κ1) is 14.6. The van der Waals surface area contributed by atoms with Crippen molar-refractivity contribution in [2.75, 3.05) is 5.32 Å². The Labute approximate surface area is 135 Å². The number of amidine groups is 1. The van der Waals surface area contributed by atoms with Crippen LogP contribution in [0.15, 0.2) is 33.7 Å². The zero-order valence-electron chi connectivity index (χ0n) is 11.1. The van der Waals surface area contributed by atoms with Crippen molar-refractivity contribution in [3.05, 3.63) is 28.7 Å². The van der Waals surface area contributed by atoms with Crippen LogP contribution in [0.2, 0.25) is 0 Å². The van der Waals surface area contributed by atoms with Gasteiger partial charge in [-0.3, -0.25) is 14.6 Å². The molecule has 5 nitrogen and oxygen atoms in total. The van der Waals surface area contributed by atoms with Gasteiger partial charge in [-0.05, 0) is 37.1 Å². The van der Waals surface area contributed by atoms with E-state index in [9.17, 15) is 9.59 Å². The van der Waals surface area contributed by atoms with Crippen LogP contribution in [0.3, 0.4) is 0 Å². The van der Waals surface area contributed by atoms with Crippen LogP contribution in [0.1, 0.15) is 19.3 Å². The predicted octanol–water partition coefficient (Wildman–Crippen LogP) is 2.53. The molecule has 1 aliphatic heterocycles. The van der Waals surface area contributed by atoms with Crippen LogP contribution in [0.5, 0.6) is 0 Å². The number of hydrogen-bond acceptors (Lipinski definition) is 4. The fraction of sp³-hybridized carbons (Fsp3) is 0.357. The van der Waals surface area contributed by atoms with Crippen molar-refractivity contribution in [3.8, 4) is 0 Å². The quantitative estimate of drug-likeness (QED) is 0.858. The van der Waals surface area contributed by atoms with Crippen LogP contribution in [-0.2, 0) is 9.59 Å². The molecule has 1 saturated heterocycles. The van der Waals surface area contributed by atoms with E-state index in [1.54, 1.807) is 0 Å². The highest BCUT2D eigenvalue weighted by molar-refractivity contribution is 9.10. The molecule has 1 aromatic carbocycles. The third-order valence-electron chi connectivity index (χ3n) is 3.12. The van der Waals surface area contributed by atoms with E-state index in [1.807, 2.05) is 24.3 Å². The molecule has 1 atom stereocenters. The molecule has 2 amide bonds. The first-order chi connectivity index (χ1) is 10.1. The maximum absolute atomic E-state index is 12.0. The highest BCUT2D eigenvalue weighted by Crippen LogP contribution is 2.29. The number of benzene rings is 1. The minimum absolute atomic E-state index is 0.134. The van der Waals surface area contributed by atoms with E-state index in [2.05, 4.69) is 31.6 Å². The van der Waals surface area contributed by atoms with Gasteiger partial charge in [-0.2, -0.15) is 0 Å². The van der Waals surface area contributed by atoms with Gasteiger partial charge in [0, 0.05) is 16.6 Å². The van der Waals surface area contributed by atoms with Gasteiger partial charge in [-0.15, -0.1) is 0 Å². The maximum Gasteiger partial charge on any atom is 0.240 e. The number of nitrogens with one attached hydrogen (secondary N) is 2. The lowest BCUT2D eigenvalue weighted by Crippen LogP contribution is -2.28. The van der Waals surface area contributed by atoms with E-state index < -0.39 is 5.25 Å². The number of halogens is 1. The van der Waals surface area contributed by atoms with E-state index >= 15 is 0 Å². The standard InChI is InChI=1S/C14H14BrN3O2S/c15-8-1-3-9(4-2-8)16-12(19)7-11-13(20)18-14(21-11)17-10-5-6-10/h1-4,10-11H,5-7H2,(H,16,19)(H,17,18,20)/t11-/m1/s1. The van der Waals surface area contributed by atoms with Gasteiger partial charge in [-0.1, -0.05) is 27.7 Å². The molecule has 110 valence electrons. The largest absolute Gasteiger partial charge is 0.326 e. The second-order valence-corrected chi connectivity index (χ2v) is 7.13. The van der Waals surface area contributed by atoms with Crippen LogP contribution in [0.25, 0.3) is 0 Å². The summed E-state index contributed by atoms with van der Waals surface area (Å²) in [7, 11) is 0. The molecule has 2 aliphatic rings. The number of hydrogen-bond donors (Lipinski definition) is 2. The van der Waals surface area contributed by atoms with E-state index in [0.29, 0.717) is 11.2 Å². The van der Waals surface area contributed by atoms with Gasteiger partial charge >= 0.3 is 0 Å². The molecule has 0 bridgehead atoms. The highest BCUT2D eigenvalue weighted by Gasteiger charge is 2.33. The average Bonchev–Trinajstić information content (AvgIpc) is 3.18. The molecule has 7 heteroatoms. The van der Waals surface area contributed by atoms with Gasteiger partial charge in [0.05, 0.1) is 6.04 Å². The normalized spacial score (nSPS) is 23.2. The smallest absolute Gasteiger partial charge is 0.240 e. The number of rotatable bonds is 4. The number of aliphatic imine (C=N–C) groups is 1. The van der Waals surface area contributed by atoms with Gasteiger partial charge in [-0.25, -0.2) is 0 Å². The number of carbonyl (C=O) groups is 2. The SMILES string of the molecule is O=C(C[C@H]1SC(=NC2CC2)NC1=O)Nc1ccc(Br)cc1. The molecule has 0 radical (unpaired) electrons. The highest BCUT2D eigenvalue weighted by atomic mass is 79.9. The topological polar surface area (TPSA) is 70.6 Å². The summed E-state index contributed by atoms with van der Waals surface area (Å²) in [5.74, 6) is -0.303. The average molecular weight is 368 g/mol. The summed E-state index contributed by atoms with van der Waals surface area (Å²) >= 11 is 4.69. The van der Waals surface area contributed by atoms with Crippen LogP contribution >= 0.6 is 27.7 Å². The number of thioether (sulfide) groups is 1. The zero-order chi connectivity index (χ0) is 14.8. The zero-order valence-corrected chi connectivity index (χ0v) is 13.5. The Kier molecular flexibility index (Phi) is 4.30. The van der Waals surface area contributed by atoms with E-state index in [0.717, 1.165) is 23.0 Å². The fourth-order valence-electron chi connectivity index (χ4n) is 1.88. The number of carbonyl (C=O) groups excluding carboxylic acids is 2. The minimum atomic E-state index is -0.391. The molecule has 1 saturated carbocycles. The van der Waals surface area contributed by atoms with E-state index in [1.165, 1.54) is 11.8 Å². The molecule has 0 unspecified atom stereocenters. The third-order valence-corrected chi connectivity index (χ3v) is 4.75. The third kappa shape index (κ3) is 4.07. The van der Waals surface area contributed by atoms with Crippen molar-refractivity contribution in [1.29, 1.82) is 0 Å². The van der Waals surface area contributed by atoms with Crippen LogP contribution < -0.4 is 10.6 Å². The number of nitrogens with zero attached hydrogens (tertiary/aromatic N) is 1. The summed E-state index contributed by atoms with van der Waals surface area (Å²) in [6, 6.07) is 7.69. The Morgan fingerprint density at radius 3 is 2.76 bits per heavy atom. The second-order valence-electron chi connectivity index (χ2n) is 5.02. The van der Waals surface area contributed by atoms with Crippen molar-refractivity contribution in [1.82, 2.24) is 5.32 Å². The van der Waals surface area contributed by atoms with Crippen molar-refractivity contribution < 1.29 is 9.59 Å².